The molecule has 2 N–H and O–H groups in total. The minimum absolute atomic E-state index is 0.537. The van der Waals surface area contributed by atoms with Gasteiger partial charge in [-0.25, -0.2) is 0 Å². The average Bonchev–Trinajstić information content (AvgIpc) is 3.20. The Labute approximate surface area is 171 Å². The van der Waals surface area contributed by atoms with Crippen LogP contribution in [0.15, 0.2) is 97.1 Å². The summed E-state index contributed by atoms with van der Waals surface area (Å²) in [5.74, 6) is 0. The third kappa shape index (κ3) is 2.14. The second-order valence-corrected chi connectivity index (χ2v) is 7.52. The average molecular weight is 376 g/mol. The Bertz CT molecular complexity index is 1220. The lowest BCUT2D eigenvalue weighted by Gasteiger charge is -2.33. The highest BCUT2D eigenvalue weighted by Crippen LogP contribution is 2.61. The molecule has 1 spiro atoms. The largest absolute Gasteiger partial charge is 0.488 e. The molecule has 1 unspecified atom stereocenters. The van der Waals surface area contributed by atoms with E-state index in [9.17, 15) is 10.0 Å². The van der Waals surface area contributed by atoms with Crippen LogP contribution in [0.1, 0.15) is 29.2 Å². The van der Waals surface area contributed by atoms with Crippen LogP contribution in [0.4, 0.5) is 0 Å². The van der Waals surface area contributed by atoms with Gasteiger partial charge < -0.3 is 10.0 Å². The van der Waals surface area contributed by atoms with Crippen LogP contribution in [0.25, 0.3) is 16.7 Å². The molecule has 1 atom stereocenters. The first kappa shape index (κ1) is 17.9. The van der Waals surface area contributed by atoms with Crippen LogP contribution < -0.4 is 5.46 Å². The Morgan fingerprint density at radius 3 is 2.10 bits per heavy atom. The van der Waals surface area contributed by atoms with Crippen molar-refractivity contribution in [3.63, 3.8) is 0 Å². The van der Waals surface area contributed by atoms with Gasteiger partial charge in [0.05, 0.1) is 5.41 Å². The maximum absolute atomic E-state index is 10.3. The van der Waals surface area contributed by atoms with Gasteiger partial charge in [-0.2, -0.15) is 0 Å². The molecular formula is C26H21BO2. The summed E-state index contributed by atoms with van der Waals surface area (Å²) in [5, 5.41) is 20.6. The summed E-state index contributed by atoms with van der Waals surface area (Å²) < 4.78 is 0. The molecule has 0 heterocycles. The molecule has 2 aliphatic carbocycles. The fraction of sp³-hybridized carbons (Fsp3) is 0.0769. The molecule has 0 aliphatic heterocycles. The fourth-order valence-electron chi connectivity index (χ4n) is 5.31. The summed E-state index contributed by atoms with van der Waals surface area (Å²) in [7, 11) is -1.56. The normalized spacial score (nSPS) is 18.9. The molecule has 0 radical (unpaired) electrons. The highest BCUT2D eigenvalue weighted by molar-refractivity contribution is 6.59. The first-order valence-electron chi connectivity index (χ1n) is 9.85. The van der Waals surface area contributed by atoms with E-state index in [4.69, 9.17) is 0 Å². The van der Waals surface area contributed by atoms with Gasteiger partial charge in [-0.3, -0.25) is 0 Å². The zero-order valence-corrected chi connectivity index (χ0v) is 16.3. The van der Waals surface area contributed by atoms with E-state index in [0.29, 0.717) is 5.46 Å². The predicted molar refractivity (Wildman–Crippen MR) is 120 cm³/mol. The van der Waals surface area contributed by atoms with Crippen LogP contribution in [0.2, 0.25) is 0 Å². The molecular weight excluding hydrogens is 355 g/mol. The maximum atomic E-state index is 10.3. The van der Waals surface area contributed by atoms with Gasteiger partial charge in [-0.15, -0.1) is 0 Å². The van der Waals surface area contributed by atoms with Gasteiger partial charge in [0, 0.05) is 0 Å². The van der Waals surface area contributed by atoms with E-state index in [-0.39, 0.29) is 0 Å². The van der Waals surface area contributed by atoms with E-state index >= 15 is 0 Å². The molecule has 3 aromatic carbocycles. The molecule has 2 nitrogen and oxygen atoms in total. The second kappa shape index (κ2) is 6.45. The first-order chi connectivity index (χ1) is 14.2. The van der Waals surface area contributed by atoms with Gasteiger partial charge in [0.25, 0.3) is 0 Å². The van der Waals surface area contributed by atoms with Gasteiger partial charge in [-0.1, -0.05) is 91.5 Å². The Kier molecular flexibility index (Phi) is 3.99. The molecule has 3 heteroatoms. The number of rotatable bonds is 3. The Morgan fingerprint density at radius 2 is 1.45 bits per heavy atom. The van der Waals surface area contributed by atoms with E-state index in [1.165, 1.54) is 0 Å². The van der Waals surface area contributed by atoms with Gasteiger partial charge in [0.2, 0.25) is 0 Å². The van der Waals surface area contributed by atoms with Crippen molar-refractivity contribution in [1.29, 1.82) is 0 Å². The van der Waals surface area contributed by atoms with Crippen molar-refractivity contribution in [3.05, 3.63) is 119 Å². The molecule has 0 amide bonds. The van der Waals surface area contributed by atoms with Gasteiger partial charge >= 0.3 is 7.12 Å². The lowest BCUT2D eigenvalue weighted by atomic mass is 9.63. The van der Waals surface area contributed by atoms with Crippen LogP contribution in [0.5, 0.6) is 0 Å². The van der Waals surface area contributed by atoms with Crippen LogP contribution in [-0.2, 0) is 5.41 Å². The number of fused-ring (bicyclic) bond motifs is 7. The summed E-state index contributed by atoms with van der Waals surface area (Å²) in [4.78, 5) is 0. The van der Waals surface area contributed by atoms with Crippen LogP contribution in [0, 0.1) is 0 Å². The fourth-order valence-corrected chi connectivity index (χ4v) is 5.31. The highest BCUT2D eigenvalue weighted by Gasteiger charge is 2.53. The molecule has 140 valence electrons. The first-order valence-corrected chi connectivity index (χ1v) is 9.85. The van der Waals surface area contributed by atoms with E-state index in [2.05, 4.69) is 61.2 Å². The lowest BCUT2D eigenvalue weighted by molar-refractivity contribution is 0.425. The lowest BCUT2D eigenvalue weighted by Crippen LogP contribution is -2.40. The Balaban J connectivity index is 2.05. The zero-order valence-electron chi connectivity index (χ0n) is 16.3. The highest BCUT2D eigenvalue weighted by atomic mass is 16.4. The van der Waals surface area contributed by atoms with Crippen molar-refractivity contribution < 1.29 is 10.0 Å². The standard InChI is InChI=1S/C26H21BO2/c1-3-10-17-18-11-5-7-14-22(18)26(21(17)4-2)23-15-8-6-12-19(23)20-13-9-16-24(25(20)26)27(28)29/h3-16,28-29H,2H2,1H3/b10-3-. The third-order valence-corrected chi connectivity index (χ3v) is 6.22. The van der Waals surface area contributed by atoms with Crippen molar-refractivity contribution in [2.24, 2.45) is 0 Å². The topological polar surface area (TPSA) is 40.5 Å². The number of hydrogen-bond acceptors (Lipinski definition) is 2. The van der Waals surface area contributed by atoms with Gasteiger partial charge in [0.15, 0.2) is 0 Å². The molecule has 3 aromatic rings. The monoisotopic (exact) mass is 376 g/mol. The SMILES string of the molecule is C=CC1=C(/C=C\C)c2ccccc2C12c1ccccc1-c1cccc(B(O)O)c12. The third-order valence-electron chi connectivity index (χ3n) is 6.22. The van der Waals surface area contributed by atoms with Crippen LogP contribution >= 0.6 is 0 Å². The number of benzene rings is 3. The van der Waals surface area contributed by atoms with E-state index in [1.807, 2.05) is 37.3 Å². The van der Waals surface area contributed by atoms with Gasteiger partial charge in [0.1, 0.15) is 0 Å². The Morgan fingerprint density at radius 1 is 0.828 bits per heavy atom. The number of hydrogen-bond donors (Lipinski definition) is 2. The van der Waals surface area contributed by atoms with Crippen molar-refractivity contribution in [1.82, 2.24) is 0 Å². The van der Waals surface area contributed by atoms with Crippen LogP contribution in [0.3, 0.4) is 0 Å². The van der Waals surface area contributed by atoms with Gasteiger partial charge in [-0.05, 0) is 56.9 Å². The van der Waals surface area contributed by atoms with E-state index in [0.717, 1.165) is 44.5 Å². The molecule has 5 rings (SSSR count). The molecule has 0 bridgehead atoms. The number of allylic oxidation sites excluding steroid dienone is 5. The van der Waals surface area contributed by atoms with Crippen molar-refractivity contribution >= 4 is 18.2 Å². The van der Waals surface area contributed by atoms with Crippen molar-refractivity contribution in [3.8, 4) is 11.1 Å². The molecule has 0 saturated heterocycles. The summed E-state index contributed by atoms with van der Waals surface area (Å²) in [5.41, 5.74) is 8.71. The van der Waals surface area contributed by atoms with Crippen molar-refractivity contribution in [2.75, 3.05) is 0 Å². The summed E-state index contributed by atoms with van der Waals surface area (Å²) in [6.45, 7) is 6.20. The predicted octanol–water partition coefficient (Wildman–Crippen LogP) is 4.21. The minimum atomic E-state index is -1.56. The quantitative estimate of drug-likeness (QED) is 0.673. The molecule has 0 saturated carbocycles. The Hall–Kier alpha value is -3.14. The molecule has 2 aliphatic rings. The zero-order chi connectivity index (χ0) is 20.2. The molecule has 0 aromatic heterocycles. The van der Waals surface area contributed by atoms with Crippen LogP contribution in [-0.4, -0.2) is 17.2 Å². The second-order valence-electron chi connectivity index (χ2n) is 7.52. The summed E-state index contributed by atoms with van der Waals surface area (Å²) in [6.07, 6.45) is 6.11. The summed E-state index contributed by atoms with van der Waals surface area (Å²) >= 11 is 0. The molecule has 29 heavy (non-hydrogen) atoms. The van der Waals surface area contributed by atoms with E-state index < -0.39 is 12.5 Å². The smallest absolute Gasteiger partial charge is 0.423 e. The molecule has 0 fully saturated rings. The van der Waals surface area contributed by atoms with Crippen molar-refractivity contribution in [2.45, 2.75) is 12.3 Å². The van der Waals surface area contributed by atoms with E-state index in [1.54, 1.807) is 0 Å². The maximum Gasteiger partial charge on any atom is 0.488 e. The minimum Gasteiger partial charge on any atom is -0.423 e. The summed E-state index contributed by atoms with van der Waals surface area (Å²) in [6, 6.07) is 22.6.